The van der Waals surface area contributed by atoms with Gasteiger partial charge in [0, 0.05) is 24.0 Å². The number of hydrogen-bond acceptors (Lipinski definition) is 3. The number of amides is 1. The van der Waals surface area contributed by atoms with E-state index in [1.807, 2.05) is 0 Å². The molecular weight excluding hydrogens is 464 g/mol. The van der Waals surface area contributed by atoms with Crippen molar-refractivity contribution < 1.29 is 9.53 Å². The topological polar surface area (TPSA) is 58.2 Å². The van der Waals surface area contributed by atoms with Gasteiger partial charge < -0.3 is 9.72 Å². The molecule has 1 amide bonds. The number of rotatable bonds is 1. The highest BCUT2D eigenvalue weighted by Crippen LogP contribution is 2.44. The van der Waals surface area contributed by atoms with Crippen LogP contribution < -0.4 is 4.90 Å². The van der Waals surface area contributed by atoms with Crippen molar-refractivity contribution in [3.05, 3.63) is 31.8 Å². The maximum atomic E-state index is 12.5. The quantitative estimate of drug-likeness (QED) is 0.417. The first-order chi connectivity index (χ1) is 12.0. The standard InChI is InChI=1S/C17H15BrCl3N3O2/c1-17(2,3)26-16(25)24(4)9-5-8(19)13(21)10-11-12(20)7(18)6-22-15(11)23-14(9)10/h5-6H,1-4H3,(H,22,23). The van der Waals surface area contributed by atoms with Crippen molar-refractivity contribution in [2.75, 3.05) is 11.9 Å². The van der Waals surface area contributed by atoms with E-state index in [-0.39, 0.29) is 0 Å². The van der Waals surface area contributed by atoms with Crippen LogP contribution in [0.3, 0.4) is 0 Å². The van der Waals surface area contributed by atoms with Crippen molar-refractivity contribution in [3.63, 3.8) is 0 Å². The van der Waals surface area contributed by atoms with Gasteiger partial charge in [-0.25, -0.2) is 9.78 Å². The summed E-state index contributed by atoms with van der Waals surface area (Å²) in [6, 6.07) is 1.61. The molecule has 0 saturated carbocycles. The molecule has 3 aromatic rings. The Balaban J connectivity index is 2.29. The molecule has 1 N–H and O–H groups in total. The molecule has 0 radical (unpaired) electrons. The molecule has 9 heteroatoms. The lowest BCUT2D eigenvalue weighted by Crippen LogP contribution is -2.34. The summed E-state index contributed by atoms with van der Waals surface area (Å²) >= 11 is 22.6. The second-order valence-electron chi connectivity index (χ2n) is 6.75. The fraction of sp³-hybridized carbons (Fsp3) is 0.294. The normalized spacial score (nSPS) is 12.0. The summed E-state index contributed by atoms with van der Waals surface area (Å²) in [5.74, 6) is 0. The average molecular weight is 480 g/mol. The van der Waals surface area contributed by atoms with Crippen molar-refractivity contribution in [2.24, 2.45) is 0 Å². The molecule has 0 atom stereocenters. The second kappa shape index (κ2) is 6.75. The van der Waals surface area contributed by atoms with Crippen LogP contribution in [0.4, 0.5) is 10.5 Å². The van der Waals surface area contributed by atoms with Gasteiger partial charge in [0.25, 0.3) is 0 Å². The third-order valence-corrected chi connectivity index (χ3v) is 5.70. The third-order valence-electron chi connectivity index (χ3n) is 3.69. The van der Waals surface area contributed by atoms with E-state index in [0.29, 0.717) is 47.2 Å². The van der Waals surface area contributed by atoms with Crippen LogP contribution in [0.15, 0.2) is 16.7 Å². The van der Waals surface area contributed by atoms with Gasteiger partial charge in [-0.2, -0.15) is 0 Å². The molecule has 2 aromatic heterocycles. The van der Waals surface area contributed by atoms with E-state index in [2.05, 4.69) is 25.9 Å². The number of nitrogens with zero attached hydrogens (tertiary/aromatic N) is 2. The van der Waals surface area contributed by atoms with Crippen molar-refractivity contribution in [3.8, 4) is 0 Å². The van der Waals surface area contributed by atoms with Crippen molar-refractivity contribution in [1.29, 1.82) is 0 Å². The van der Waals surface area contributed by atoms with E-state index in [0.717, 1.165) is 0 Å². The SMILES string of the molecule is CN(C(=O)OC(C)(C)C)c1cc(Cl)c(Cl)c2c1[nH]c1ncc(Br)c(Cl)c12. The van der Waals surface area contributed by atoms with E-state index >= 15 is 0 Å². The molecule has 0 saturated heterocycles. The van der Waals surface area contributed by atoms with E-state index in [9.17, 15) is 4.79 Å². The van der Waals surface area contributed by atoms with E-state index in [1.165, 1.54) is 4.90 Å². The first kappa shape index (κ1) is 19.5. The fourth-order valence-electron chi connectivity index (χ4n) is 2.57. The molecule has 0 aliphatic rings. The number of halogens is 4. The minimum Gasteiger partial charge on any atom is -0.443 e. The zero-order valence-corrected chi connectivity index (χ0v) is 18.2. The summed E-state index contributed by atoms with van der Waals surface area (Å²) in [7, 11) is 1.60. The highest BCUT2D eigenvalue weighted by molar-refractivity contribution is 9.10. The molecule has 5 nitrogen and oxygen atoms in total. The first-order valence-corrected chi connectivity index (χ1v) is 9.54. The molecule has 0 fully saturated rings. The van der Waals surface area contributed by atoms with Gasteiger partial charge in [0.1, 0.15) is 11.2 Å². The van der Waals surface area contributed by atoms with Crippen LogP contribution in [-0.2, 0) is 4.74 Å². The molecule has 0 aliphatic carbocycles. The Labute approximate surface area is 173 Å². The number of pyridine rings is 1. The van der Waals surface area contributed by atoms with Gasteiger partial charge >= 0.3 is 6.09 Å². The Morgan fingerprint density at radius 3 is 2.50 bits per heavy atom. The summed E-state index contributed by atoms with van der Waals surface area (Å²) < 4.78 is 6.07. The van der Waals surface area contributed by atoms with Crippen molar-refractivity contribution in [2.45, 2.75) is 26.4 Å². The molecule has 0 spiro atoms. The van der Waals surface area contributed by atoms with Crippen LogP contribution >= 0.6 is 50.7 Å². The highest BCUT2D eigenvalue weighted by Gasteiger charge is 2.25. The van der Waals surface area contributed by atoms with Gasteiger partial charge in [0.05, 0.1) is 30.7 Å². The van der Waals surface area contributed by atoms with Gasteiger partial charge in [-0.05, 0) is 42.8 Å². The van der Waals surface area contributed by atoms with Crippen LogP contribution in [0.2, 0.25) is 15.1 Å². The number of ether oxygens (including phenoxy) is 1. The first-order valence-electron chi connectivity index (χ1n) is 7.61. The van der Waals surface area contributed by atoms with Gasteiger partial charge in [-0.3, -0.25) is 4.90 Å². The number of carbonyl (C=O) groups excluding carboxylic acids is 1. The number of aromatic nitrogens is 2. The Kier molecular flexibility index (Phi) is 5.07. The average Bonchev–Trinajstić information content (AvgIpc) is 2.92. The van der Waals surface area contributed by atoms with Crippen LogP contribution in [0.25, 0.3) is 21.9 Å². The Hall–Kier alpha value is -1.21. The van der Waals surface area contributed by atoms with Gasteiger partial charge in [0.2, 0.25) is 0 Å². The molecule has 138 valence electrons. The van der Waals surface area contributed by atoms with Crippen LogP contribution in [0, 0.1) is 0 Å². The van der Waals surface area contributed by atoms with Gasteiger partial charge in [0.15, 0.2) is 0 Å². The van der Waals surface area contributed by atoms with E-state index in [4.69, 9.17) is 39.5 Å². The lowest BCUT2D eigenvalue weighted by atomic mass is 10.1. The lowest BCUT2D eigenvalue weighted by molar-refractivity contribution is 0.0589. The van der Waals surface area contributed by atoms with Gasteiger partial charge in [-0.15, -0.1) is 0 Å². The van der Waals surface area contributed by atoms with Crippen molar-refractivity contribution in [1.82, 2.24) is 9.97 Å². The van der Waals surface area contributed by atoms with Crippen molar-refractivity contribution >= 4 is 84.4 Å². The number of H-pyrrole nitrogens is 1. The number of anilines is 1. The number of fused-ring (bicyclic) bond motifs is 3. The second-order valence-corrected chi connectivity index (χ2v) is 8.77. The fourth-order valence-corrected chi connectivity index (χ4v) is 3.55. The smallest absolute Gasteiger partial charge is 0.414 e. The number of carbonyl (C=O) groups is 1. The molecule has 2 heterocycles. The van der Waals surface area contributed by atoms with Crippen LogP contribution in [-0.4, -0.2) is 28.7 Å². The van der Waals surface area contributed by atoms with E-state index < -0.39 is 11.7 Å². The largest absolute Gasteiger partial charge is 0.443 e. The predicted octanol–water partition coefficient (Wildman–Crippen LogP) is 6.81. The number of aromatic amines is 1. The van der Waals surface area contributed by atoms with E-state index in [1.54, 1.807) is 40.1 Å². The zero-order valence-electron chi connectivity index (χ0n) is 14.4. The van der Waals surface area contributed by atoms with Gasteiger partial charge in [-0.1, -0.05) is 34.8 Å². The highest BCUT2D eigenvalue weighted by atomic mass is 79.9. The Bertz CT molecular complexity index is 1040. The summed E-state index contributed by atoms with van der Waals surface area (Å²) in [5, 5.41) is 2.30. The minimum absolute atomic E-state index is 0.293. The third kappa shape index (κ3) is 3.36. The van der Waals surface area contributed by atoms with Crippen LogP contribution in [0.5, 0.6) is 0 Å². The summed E-state index contributed by atoms with van der Waals surface area (Å²) in [6.45, 7) is 5.40. The number of nitrogens with one attached hydrogen (secondary N) is 1. The maximum Gasteiger partial charge on any atom is 0.414 e. The predicted molar refractivity (Wildman–Crippen MR) is 111 cm³/mol. The molecule has 0 bridgehead atoms. The number of hydrogen-bond donors (Lipinski definition) is 1. The van der Waals surface area contributed by atoms with Crippen LogP contribution in [0.1, 0.15) is 20.8 Å². The molecule has 26 heavy (non-hydrogen) atoms. The molecule has 3 rings (SSSR count). The zero-order chi connectivity index (χ0) is 19.4. The monoisotopic (exact) mass is 477 g/mol. The Morgan fingerprint density at radius 1 is 1.23 bits per heavy atom. The molecular formula is C17H15BrCl3N3O2. The maximum absolute atomic E-state index is 12.5. The molecule has 0 aliphatic heterocycles. The number of benzene rings is 1. The Morgan fingerprint density at radius 2 is 1.88 bits per heavy atom. The molecule has 1 aromatic carbocycles. The summed E-state index contributed by atoms with van der Waals surface area (Å²) in [5.41, 5.74) is 1.01. The molecule has 0 unspecified atom stereocenters. The summed E-state index contributed by atoms with van der Waals surface area (Å²) in [6.07, 6.45) is 1.07. The lowest BCUT2D eigenvalue weighted by Gasteiger charge is -2.25. The minimum atomic E-state index is -0.628. The summed E-state index contributed by atoms with van der Waals surface area (Å²) in [4.78, 5) is 21.4.